The van der Waals surface area contributed by atoms with Gasteiger partial charge in [-0.05, 0) is 24.3 Å². The normalized spacial score (nSPS) is 13.5. The van der Waals surface area contributed by atoms with E-state index < -0.39 is 6.17 Å². The van der Waals surface area contributed by atoms with E-state index >= 15 is 0 Å². The van der Waals surface area contributed by atoms with Gasteiger partial charge in [-0.2, -0.15) is 20.6 Å². The first-order chi connectivity index (χ1) is 8.34. The zero-order chi connectivity index (χ0) is 11.9. The molecule has 8 heteroatoms. The van der Waals surface area contributed by atoms with Gasteiger partial charge in [-0.25, -0.2) is 0 Å². The molecule has 0 radical (unpaired) electrons. The lowest BCUT2D eigenvalue weighted by molar-refractivity contribution is 0.700. The molecule has 8 nitrogen and oxygen atoms in total. The van der Waals surface area contributed by atoms with Crippen LogP contribution in [-0.4, -0.2) is 26.8 Å². The summed E-state index contributed by atoms with van der Waals surface area (Å²) in [7, 11) is 0. The second-order valence-corrected chi connectivity index (χ2v) is 3.11. The molecular formula is C9H10N8. The summed E-state index contributed by atoms with van der Waals surface area (Å²) in [5.74, 6) is 0.173. The molecule has 1 aromatic heterocycles. The maximum atomic E-state index is 4.01. The Hall–Kier alpha value is -2.51. The zero-order valence-electron chi connectivity index (χ0n) is 9.09. The van der Waals surface area contributed by atoms with Gasteiger partial charge >= 0.3 is 5.95 Å². The number of H-pyrrole nitrogens is 1. The molecule has 0 spiro atoms. The number of azo groups is 2. The number of tetrazole rings is 1. The van der Waals surface area contributed by atoms with Crippen LogP contribution in [-0.2, 0) is 0 Å². The quantitative estimate of drug-likeness (QED) is 0.815. The minimum absolute atomic E-state index is 0.173. The van der Waals surface area contributed by atoms with E-state index in [4.69, 9.17) is 0 Å². The molecular weight excluding hydrogens is 220 g/mol. The first-order valence-corrected chi connectivity index (χ1v) is 4.95. The van der Waals surface area contributed by atoms with Crippen LogP contribution in [0.15, 0.2) is 50.8 Å². The summed E-state index contributed by atoms with van der Waals surface area (Å²) in [4.78, 5) is 0. The molecule has 1 unspecified atom stereocenters. The number of rotatable bonds is 4. The van der Waals surface area contributed by atoms with Crippen LogP contribution in [0.25, 0.3) is 0 Å². The van der Waals surface area contributed by atoms with E-state index in [0.717, 1.165) is 5.69 Å². The summed E-state index contributed by atoms with van der Waals surface area (Å²) < 4.78 is 0. The summed E-state index contributed by atoms with van der Waals surface area (Å²) in [6.45, 7) is 1.76. The fourth-order valence-electron chi connectivity index (χ4n) is 1.00. The van der Waals surface area contributed by atoms with Gasteiger partial charge in [0.15, 0.2) is 6.17 Å². The van der Waals surface area contributed by atoms with Crippen molar-refractivity contribution < 1.29 is 0 Å². The van der Waals surface area contributed by atoms with E-state index in [0.29, 0.717) is 0 Å². The lowest BCUT2D eigenvalue weighted by Gasteiger charge is -1.94. The zero-order valence-corrected chi connectivity index (χ0v) is 9.09. The highest BCUT2D eigenvalue weighted by molar-refractivity contribution is 5.34. The number of hydrogen-bond donors (Lipinski definition) is 1. The Labute approximate surface area is 96.9 Å². The Balaban J connectivity index is 1.93. The van der Waals surface area contributed by atoms with Gasteiger partial charge in [0, 0.05) is 0 Å². The van der Waals surface area contributed by atoms with Gasteiger partial charge in [-0.1, -0.05) is 23.3 Å². The molecule has 0 amide bonds. The number of nitrogens with one attached hydrogen (secondary N) is 1. The molecule has 1 aromatic carbocycles. The third-order valence-corrected chi connectivity index (χ3v) is 1.74. The van der Waals surface area contributed by atoms with Crippen LogP contribution in [0.3, 0.4) is 0 Å². The largest absolute Gasteiger partial charge is 0.307 e. The summed E-state index contributed by atoms with van der Waals surface area (Å²) in [6, 6.07) is 9.40. The Morgan fingerprint density at radius 3 is 2.59 bits per heavy atom. The fourth-order valence-corrected chi connectivity index (χ4v) is 1.00. The van der Waals surface area contributed by atoms with Gasteiger partial charge in [0.25, 0.3) is 0 Å². The van der Waals surface area contributed by atoms with Gasteiger partial charge in [0.1, 0.15) is 0 Å². The average Bonchev–Trinajstić information content (AvgIpc) is 2.88. The molecule has 0 saturated heterocycles. The van der Waals surface area contributed by atoms with Crippen LogP contribution >= 0.6 is 0 Å². The van der Waals surface area contributed by atoms with E-state index in [1.165, 1.54) is 0 Å². The van der Waals surface area contributed by atoms with Crippen molar-refractivity contribution in [2.24, 2.45) is 20.5 Å². The summed E-state index contributed by atoms with van der Waals surface area (Å²) in [5, 5.41) is 28.5. The molecule has 1 heterocycles. The number of hydrogen-bond acceptors (Lipinski definition) is 7. The summed E-state index contributed by atoms with van der Waals surface area (Å²) >= 11 is 0. The fraction of sp³-hybridized carbons (Fsp3) is 0.222. The van der Waals surface area contributed by atoms with Gasteiger partial charge in [0.2, 0.25) is 0 Å². The smallest absolute Gasteiger partial charge is 0.175 e. The van der Waals surface area contributed by atoms with Crippen molar-refractivity contribution in [2.45, 2.75) is 13.1 Å². The average molecular weight is 230 g/mol. The molecule has 1 N–H and O–H groups in total. The maximum absolute atomic E-state index is 4.01. The molecule has 0 saturated carbocycles. The predicted octanol–water partition coefficient (Wildman–Crippen LogP) is 2.41. The minimum atomic E-state index is -0.395. The third kappa shape index (κ3) is 3.52. The van der Waals surface area contributed by atoms with Crippen molar-refractivity contribution in [3.05, 3.63) is 30.3 Å². The van der Waals surface area contributed by atoms with Crippen molar-refractivity contribution >= 4 is 11.6 Å². The highest BCUT2D eigenvalue weighted by Gasteiger charge is 1.97. The highest BCUT2D eigenvalue weighted by atomic mass is 15.5. The monoisotopic (exact) mass is 230 g/mol. The molecule has 2 aromatic rings. The summed E-state index contributed by atoms with van der Waals surface area (Å²) in [6.07, 6.45) is -0.395. The van der Waals surface area contributed by atoms with E-state index in [1.807, 2.05) is 30.3 Å². The van der Waals surface area contributed by atoms with Crippen LogP contribution in [0.2, 0.25) is 0 Å². The number of benzene rings is 1. The van der Waals surface area contributed by atoms with E-state index in [1.54, 1.807) is 6.92 Å². The van der Waals surface area contributed by atoms with Gasteiger partial charge in [-0.15, -0.1) is 10.2 Å². The van der Waals surface area contributed by atoms with E-state index in [2.05, 4.69) is 41.1 Å². The standard InChI is InChI=1S/C9H10N8/c1-7(11-13-9-14-16-17-15-9)10-12-8-5-3-2-4-6-8/h2-7H,1H3,(H,14,15,16,17)/b12-10?,13-11+. The van der Waals surface area contributed by atoms with Crippen molar-refractivity contribution in [1.29, 1.82) is 0 Å². The van der Waals surface area contributed by atoms with E-state index in [-0.39, 0.29) is 5.95 Å². The van der Waals surface area contributed by atoms with Gasteiger partial charge < -0.3 is 0 Å². The Morgan fingerprint density at radius 1 is 1.12 bits per heavy atom. The van der Waals surface area contributed by atoms with Crippen LogP contribution in [0, 0.1) is 0 Å². The molecule has 0 fully saturated rings. The molecule has 17 heavy (non-hydrogen) atoms. The Morgan fingerprint density at radius 2 is 1.88 bits per heavy atom. The molecule has 0 bridgehead atoms. The molecule has 86 valence electrons. The van der Waals surface area contributed by atoms with Crippen molar-refractivity contribution in [2.75, 3.05) is 0 Å². The number of nitrogens with zero attached hydrogens (tertiary/aromatic N) is 7. The first-order valence-electron chi connectivity index (χ1n) is 4.95. The number of aromatic amines is 1. The molecule has 0 aliphatic carbocycles. The third-order valence-electron chi connectivity index (χ3n) is 1.74. The highest BCUT2D eigenvalue weighted by Crippen LogP contribution is 2.12. The minimum Gasteiger partial charge on any atom is -0.175 e. The van der Waals surface area contributed by atoms with Gasteiger partial charge in [-0.3, -0.25) is 0 Å². The second-order valence-electron chi connectivity index (χ2n) is 3.11. The maximum Gasteiger partial charge on any atom is 0.307 e. The van der Waals surface area contributed by atoms with Crippen molar-refractivity contribution in [3.63, 3.8) is 0 Å². The molecule has 0 aliphatic rings. The van der Waals surface area contributed by atoms with E-state index in [9.17, 15) is 0 Å². The molecule has 1 atom stereocenters. The predicted molar refractivity (Wildman–Crippen MR) is 59.1 cm³/mol. The van der Waals surface area contributed by atoms with Crippen LogP contribution in [0.5, 0.6) is 0 Å². The lowest BCUT2D eigenvalue weighted by Crippen LogP contribution is -1.88. The Bertz CT molecular complexity index is 489. The topological polar surface area (TPSA) is 104 Å². The van der Waals surface area contributed by atoms with Crippen LogP contribution < -0.4 is 0 Å². The van der Waals surface area contributed by atoms with Crippen molar-refractivity contribution in [3.8, 4) is 0 Å². The molecule has 0 aliphatic heterocycles. The number of aromatic nitrogens is 4. The Kier molecular flexibility index (Phi) is 3.58. The van der Waals surface area contributed by atoms with Crippen molar-refractivity contribution in [1.82, 2.24) is 20.6 Å². The summed E-state index contributed by atoms with van der Waals surface area (Å²) in [5.41, 5.74) is 0.772. The van der Waals surface area contributed by atoms with Crippen LogP contribution in [0.1, 0.15) is 6.92 Å². The van der Waals surface area contributed by atoms with Gasteiger partial charge in [0.05, 0.1) is 5.69 Å². The van der Waals surface area contributed by atoms with Crippen LogP contribution in [0.4, 0.5) is 11.6 Å². The first kappa shape index (κ1) is 11.0. The lowest BCUT2D eigenvalue weighted by atomic mass is 10.3. The SMILES string of the molecule is CC(N=Nc1ccccc1)/N=N/c1nn[nH]n1. The second kappa shape index (κ2) is 5.54. The molecule has 2 rings (SSSR count).